The van der Waals surface area contributed by atoms with E-state index in [0.29, 0.717) is 19.3 Å². The molecule has 0 radical (unpaired) electrons. The highest BCUT2D eigenvalue weighted by atomic mass is 16.7. The van der Waals surface area contributed by atoms with E-state index in [1.807, 2.05) is 6.07 Å². The Morgan fingerprint density at radius 2 is 1.95 bits per heavy atom. The highest BCUT2D eigenvalue weighted by Gasteiger charge is 2.19. The molecule has 0 spiro atoms. The maximum absolute atomic E-state index is 6.00. The van der Waals surface area contributed by atoms with E-state index in [-0.39, 0.29) is 12.1 Å². The van der Waals surface area contributed by atoms with E-state index >= 15 is 0 Å². The summed E-state index contributed by atoms with van der Waals surface area (Å²) >= 11 is 0. The second-order valence-electron chi connectivity index (χ2n) is 5.90. The van der Waals surface area contributed by atoms with Gasteiger partial charge >= 0.3 is 0 Å². The van der Waals surface area contributed by atoms with Crippen LogP contribution < -0.4 is 14.8 Å². The van der Waals surface area contributed by atoms with E-state index in [1.54, 1.807) is 0 Å². The van der Waals surface area contributed by atoms with Crippen molar-refractivity contribution >= 4 is 0 Å². The minimum atomic E-state index is 0.181. The van der Waals surface area contributed by atoms with Gasteiger partial charge in [0.1, 0.15) is 0 Å². The third-order valence-electron chi connectivity index (χ3n) is 3.90. The van der Waals surface area contributed by atoms with Crippen molar-refractivity contribution in [2.75, 3.05) is 19.9 Å². The van der Waals surface area contributed by atoms with Gasteiger partial charge in [-0.05, 0) is 43.5 Å². The first-order chi connectivity index (χ1) is 10.1. The van der Waals surface area contributed by atoms with Crippen molar-refractivity contribution < 1.29 is 14.2 Å². The Hall–Kier alpha value is -1.26. The molecule has 2 atom stereocenters. The summed E-state index contributed by atoms with van der Waals surface area (Å²) in [6.45, 7) is 10.6. The van der Waals surface area contributed by atoms with E-state index in [9.17, 15) is 0 Å². The molecule has 4 heteroatoms. The Balaban J connectivity index is 2.04. The van der Waals surface area contributed by atoms with Crippen molar-refractivity contribution in [3.63, 3.8) is 0 Å². The van der Waals surface area contributed by atoms with Crippen LogP contribution in [-0.2, 0) is 4.74 Å². The van der Waals surface area contributed by atoms with Crippen LogP contribution >= 0.6 is 0 Å². The molecule has 1 aromatic rings. The van der Waals surface area contributed by atoms with Gasteiger partial charge in [-0.2, -0.15) is 0 Å². The zero-order valence-electron chi connectivity index (χ0n) is 13.5. The van der Waals surface area contributed by atoms with Crippen LogP contribution in [0.25, 0.3) is 0 Å². The fourth-order valence-corrected chi connectivity index (χ4v) is 2.16. The number of nitrogens with one attached hydrogen (secondary N) is 1. The maximum Gasteiger partial charge on any atom is 0.231 e. The third kappa shape index (κ3) is 4.35. The van der Waals surface area contributed by atoms with Gasteiger partial charge < -0.3 is 19.5 Å². The summed E-state index contributed by atoms with van der Waals surface area (Å²) in [6.07, 6.45) is 1.35. The van der Waals surface area contributed by atoms with Crippen molar-refractivity contribution in [1.82, 2.24) is 5.32 Å². The number of benzene rings is 1. The van der Waals surface area contributed by atoms with Crippen molar-refractivity contribution in [2.45, 2.75) is 46.3 Å². The van der Waals surface area contributed by atoms with Crippen LogP contribution in [0, 0.1) is 5.92 Å². The smallest absolute Gasteiger partial charge is 0.231 e. The molecule has 21 heavy (non-hydrogen) atoms. The molecule has 1 aliphatic rings. The van der Waals surface area contributed by atoms with Gasteiger partial charge in [0.25, 0.3) is 0 Å². The lowest BCUT2D eigenvalue weighted by atomic mass is 10.1. The summed E-state index contributed by atoms with van der Waals surface area (Å²) in [4.78, 5) is 0. The van der Waals surface area contributed by atoms with Crippen LogP contribution in [0.5, 0.6) is 11.5 Å². The van der Waals surface area contributed by atoms with Crippen LogP contribution in [-0.4, -0.2) is 26.0 Å². The SMILES string of the molecule is CCCNC(COC(C)C(C)C)c1ccc2c(c1)OCO2. The molecule has 1 N–H and O–H groups in total. The molecule has 2 unspecified atom stereocenters. The maximum atomic E-state index is 6.00. The van der Waals surface area contributed by atoms with E-state index in [4.69, 9.17) is 14.2 Å². The molecule has 1 aliphatic heterocycles. The summed E-state index contributed by atoms with van der Waals surface area (Å²) in [7, 11) is 0. The fourth-order valence-electron chi connectivity index (χ4n) is 2.16. The summed E-state index contributed by atoms with van der Waals surface area (Å²) in [5.74, 6) is 2.17. The first kappa shape index (κ1) is 16.1. The fraction of sp³-hybridized carbons (Fsp3) is 0.647. The zero-order chi connectivity index (χ0) is 15.2. The predicted molar refractivity (Wildman–Crippen MR) is 83.9 cm³/mol. The van der Waals surface area contributed by atoms with Crippen LogP contribution in [0.1, 0.15) is 45.7 Å². The molecule has 0 saturated heterocycles. The highest BCUT2D eigenvalue weighted by Crippen LogP contribution is 2.34. The summed E-state index contributed by atoms with van der Waals surface area (Å²) in [6, 6.07) is 6.30. The van der Waals surface area contributed by atoms with Crippen LogP contribution in [0.15, 0.2) is 18.2 Å². The van der Waals surface area contributed by atoms with Crippen molar-refractivity contribution in [1.29, 1.82) is 0 Å². The first-order valence-electron chi connectivity index (χ1n) is 7.86. The number of hydrogen-bond donors (Lipinski definition) is 1. The number of ether oxygens (including phenoxy) is 3. The van der Waals surface area contributed by atoms with Crippen molar-refractivity contribution in [3.8, 4) is 11.5 Å². The Morgan fingerprint density at radius 3 is 2.67 bits per heavy atom. The molecule has 0 saturated carbocycles. The number of rotatable bonds is 8. The van der Waals surface area contributed by atoms with Gasteiger partial charge in [-0.3, -0.25) is 0 Å². The van der Waals surface area contributed by atoms with Crippen LogP contribution in [0.4, 0.5) is 0 Å². The quantitative estimate of drug-likeness (QED) is 0.796. The van der Waals surface area contributed by atoms with Crippen LogP contribution in [0.2, 0.25) is 0 Å². The Kier molecular flexibility index (Phi) is 5.88. The van der Waals surface area contributed by atoms with Gasteiger partial charge in [0.2, 0.25) is 6.79 Å². The lowest BCUT2D eigenvalue weighted by Crippen LogP contribution is -2.29. The Morgan fingerprint density at radius 1 is 1.19 bits per heavy atom. The first-order valence-corrected chi connectivity index (χ1v) is 7.86. The van der Waals surface area contributed by atoms with Crippen molar-refractivity contribution in [2.24, 2.45) is 5.92 Å². The molecule has 2 rings (SSSR count). The predicted octanol–water partition coefficient (Wildman–Crippen LogP) is 3.52. The monoisotopic (exact) mass is 293 g/mol. The second-order valence-corrected chi connectivity index (χ2v) is 5.90. The molecular formula is C17H27NO3. The molecule has 4 nitrogen and oxygen atoms in total. The van der Waals surface area contributed by atoms with Gasteiger partial charge in [-0.25, -0.2) is 0 Å². The summed E-state index contributed by atoms with van der Waals surface area (Å²) < 4.78 is 16.8. The lowest BCUT2D eigenvalue weighted by molar-refractivity contribution is 0.0218. The molecule has 0 aliphatic carbocycles. The molecule has 118 valence electrons. The molecule has 0 aromatic heterocycles. The topological polar surface area (TPSA) is 39.7 Å². The van der Waals surface area contributed by atoms with E-state index in [1.165, 1.54) is 5.56 Å². The number of hydrogen-bond acceptors (Lipinski definition) is 4. The summed E-state index contributed by atoms with van der Waals surface area (Å²) in [5.41, 5.74) is 1.18. The lowest BCUT2D eigenvalue weighted by Gasteiger charge is -2.23. The third-order valence-corrected chi connectivity index (χ3v) is 3.90. The minimum absolute atomic E-state index is 0.181. The average Bonchev–Trinajstić information content (AvgIpc) is 2.94. The highest BCUT2D eigenvalue weighted by molar-refractivity contribution is 5.45. The van der Waals surface area contributed by atoms with E-state index in [0.717, 1.165) is 24.5 Å². The van der Waals surface area contributed by atoms with Gasteiger partial charge in [0, 0.05) is 0 Å². The van der Waals surface area contributed by atoms with Gasteiger partial charge in [-0.15, -0.1) is 0 Å². The molecule has 0 amide bonds. The zero-order valence-corrected chi connectivity index (χ0v) is 13.5. The van der Waals surface area contributed by atoms with Gasteiger partial charge in [-0.1, -0.05) is 26.8 Å². The molecular weight excluding hydrogens is 266 g/mol. The average molecular weight is 293 g/mol. The molecule has 1 aromatic carbocycles. The molecule has 1 heterocycles. The minimum Gasteiger partial charge on any atom is -0.454 e. The van der Waals surface area contributed by atoms with E-state index < -0.39 is 0 Å². The van der Waals surface area contributed by atoms with E-state index in [2.05, 4.69) is 45.1 Å². The standard InChI is InChI=1S/C17H27NO3/c1-5-8-18-15(10-19-13(4)12(2)3)14-6-7-16-17(9-14)21-11-20-16/h6-7,9,12-13,15,18H,5,8,10-11H2,1-4H3. The van der Waals surface area contributed by atoms with Crippen molar-refractivity contribution in [3.05, 3.63) is 23.8 Å². The molecule has 0 fully saturated rings. The molecule has 0 bridgehead atoms. The van der Waals surface area contributed by atoms with Gasteiger partial charge in [0.05, 0.1) is 18.8 Å². The normalized spacial score (nSPS) is 16.2. The van der Waals surface area contributed by atoms with Gasteiger partial charge in [0.15, 0.2) is 11.5 Å². The van der Waals surface area contributed by atoms with Crippen LogP contribution in [0.3, 0.4) is 0 Å². The Labute approximate surface area is 127 Å². The second kappa shape index (κ2) is 7.66. The Bertz CT molecular complexity index is 448. The number of fused-ring (bicyclic) bond motifs is 1. The largest absolute Gasteiger partial charge is 0.454 e. The summed E-state index contributed by atoms with van der Waals surface area (Å²) in [5, 5.41) is 3.55.